The molecule has 1 fully saturated rings. The molecule has 2 rings (SSSR count). The van der Waals surface area contributed by atoms with Crippen LogP contribution in [0.4, 0.5) is 0 Å². The summed E-state index contributed by atoms with van der Waals surface area (Å²) in [5.41, 5.74) is 5.31. The molecule has 3 heteroatoms. The summed E-state index contributed by atoms with van der Waals surface area (Å²) in [4.78, 5) is 5.58. The maximum absolute atomic E-state index is 6.05. The second kappa shape index (κ2) is 5.67. The van der Waals surface area contributed by atoms with Gasteiger partial charge in [-0.3, -0.25) is 4.84 Å². The summed E-state index contributed by atoms with van der Waals surface area (Å²) in [5.74, 6) is 0. The van der Waals surface area contributed by atoms with Crippen LogP contribution in [-0.2, 0) is 11.4 Å². The molecule has 0 spiro atoms. The Kier molecular flexibility index (Phi) is 4.22. The summed E-state index contributed by atoms with van der Waals surface area (Å²) in [7, 11) is 0. The van der Waals surface area contributed by atoms with Crippen molar-refractivity contribution in [2.24, 2.45) is 0 Å². The molecule has 1 aliphatic carbocycles. The molecule has 0 aliphatic heterocycles. The number of nitrogens with one attached hydrogen (secondary N) is 1. The summed E-state index contributed by atoms with van der Waals surface area (Å²) >= 11 is 6.05. The number of benzene rings is 1. The van der Waals surface area contributed by atoms with Crippen LogP contribution in [0.15, 0.2) is 18.2 Å². The predicted molar refractivity (Wildman–Crippen MR) is 66.4 cm³/mol. The molecule has 0 radical (unpaired) electrons. The van der Waals surface area contributed by atoms with Crippen LogP contribution >= 0.6 is 11.6 Å². The summed E-state index contributed by atoms with van der Waals surface area (Å²) in [6.45, 7) is 2.73. The van der Waals surface area contributed by atoms with Crippen LogP contribution in [0, 0.1) is 6.92 Å². The van der Waals surface area contributed by atoms with Crippen molar-refractivity contribution in [3.05, 3.63) is 34.3 Å². The molecule has 0 heterocycles. The lowest BCUT2D eigenvalue weighted by atomic mass is 10.1. The van der Waals surface area contributed by atoms with E-state index in [0.29, 0.717) is 6.10 Å². The van der Waals surface area contributed by atoms with Gasteiger partial charge in [0.25, 0.3) is 0 Å². The topological polar surface area (TPSA) is 21.3 Å². The maximum Gasteiger partial charge on any atom is 0.0790 e. The lowest BCUT2D eigenvalue weighted by Gasteiger charge is -2.12. The zero-order valence-electron chi connectivity index (χ0n) is 9.63. The Labute approximate surface area is 102 Å². The molecule has 0 amide bonds. The molecule has 2 nitrogen and oxygen atoms in total. The average molecular weight is 240 g/mol. The summed E-state index contributed by atoms with van der Waals surface area (Å²) in [5, 5.41) is 0.820. The van der Waals surface area contributed by atoms with E-state index in [-0.39, 0.29) is 0 Å². The minimum atomic E-state index is 0.404. The van der Waals surface area contributed by atoms with E-state index in [9.17, 15) is 0 Å². The Morgan fingerprint density at radius 2 is 2.12 bits per heavy atom. The fourth-order valence-corrected chi connectivity index (χ4v) is 2.20. The number of rotatable bonds is 4. The van der Waals surface area contributed by atoms with Crippen molar-refractivity contribution >= 4 is 11.6 Å². The Morgan fingerprint density at radius 3 is 2.81 bits per heavy atom. The van der Waals surface area contributed by atoms with Gasteiger partial charge in [0.05, 0.1) is 6.10 Å². The van der Waals surface area contributed by atoms with Crippen LogP contribution in [0.5, 0.6) is 0 Å². The Morgan fingerprint density at radius 1 is 1.38 bits per heavy atom. The molecular formula is C13H18ClNO. The van der Waals surface area contributed by atoms with Crippen molar-refractivity contribution in [3.63, 3.8) is 0 Å². The van der Waals surface area contributed by atoms with Crippen molar-refractivity contribution in [2.75, 3.05) is 0 Å². The first-order valence-corrected chi connectivity index (χ1v) is 6.27. The molecule has 1 N–H and O–H groups in total. The molecule has 0 aromatic heterocycles. The van der Waals surface area contributed by atoms with E-state index in [1.807, 2.05) is 19.1 Å². The van der Waals surface area contributed by atoms with Gasteiger partial charge in [0.15, 0.2) is 0 Å². The highest BCUT2D eigenvalue weighted by atomic mass is 35.5. The van der Waals surface area contributed by atoms with Crippen molar-refractivity contribution in [1.82, 2.24) is 5.48 Å². The van der Waals surface area contributed by atoms with Crippen LogP contribution in [0.25, 0.3) is 0 Å². The van der Waals surface area contributed by atoms with Gasteiger partial charge in [-0.1, -0.05) is 36.6 Å². The van der Waals surface area contributed by atoms with Crippen LogP contribution in [0.1, 0.15) is 36.8 Å². The molecule has 1 aliphatic rings. The van der Waals surface area contributed by atoms with Gasteiger partial charge < -0.3 is 0 Å². The van der Waals surface area contributed by atoms with Gasteiger partial charge in [0, 0.05) is 11.6 Å². The number of hydrogen-bond acceptors (Lipinski definition) is 2. The van der Waals surface area contributed by atoms with Crippen LogP contribution < -0.4 is 5.48 Å². The minimum Gasteiger partial charge on any atom is -0.298 e. The van der Waals surface area contributed by atoms with Crippen molar-refractivity contribution in [1.29, 1.82) is 0 Å². The van der Waals surface area contributed by atoms with E-state index in [4.69, 9.17) is 16.4 Å². The van der Waals surface area contributed by atoms with E-state index in [1.54, 1.807) is 0 Å². The van der Waals surface area contributed by atoms with Crippen LogP contribution in [-0.4, -0.2) is 6.10 Å². The number of aryl methyl sites for hydroxylation is 1. The summed E-state index contributed by atoms with van der Waals surface area (Å²) < 4.78 is 0. The van der Waals surface area contributed by atoms with Crippen molar-refractivity contribution in [2.45, 2.75) is 45.3 Å². The van der Waals surface area contributed by atoms with Gasteiger partial charge in [-0.25, -0.2) is 0 Å². The largest absolute Gasteiger partial charge is 0.298 e. The Bertz CT molecular complexity index is 348. The highest BCUT2D eigenvalue weighted by Gasteiger charge is 2.15. The second-order valence-corrected chi connectivity index (χ2v) is 4.84. The number of hydrogen-bond donors (Lipinski definition) is 1. The van der Waals surface area contributed by atoms with E-state index in [0.717, 1.165) is 22.7 Å². The van der Waals surface area contributed by atoms with E-state index >= 15 is 0 Å². The van der Waals surface area contributed by atoms with Crippen LogP contribution in [0.3, 0.4) is 0 Å². The lowest BCUT2D eigenvalue weighted by molar-refractivity contribution is -0.0244. The number of hydroxylamine groups is 1. The van der Waals surface area contributed by atoms with Gasteiger partial charge in [-0.2, -0.15) is 5.48 Å². The monoisotopic (exact) mass is 239 g/mol. The molecule has 1 aromatic rings. The summed E-state index contributed by atoms with van der Waals surface area (Å²) in [6.07, 6.45) is 5.36. The van der Waals surface area contributed by atoms with Crippen LogP contribution in [0.2, 0.25) is 5.02 Å². The zero-order chi connectivity index (χ0) is 11.4. The molecule has 1 aromatic carbocycles. The van der Waals surface area contributed by atoms with Gasteiger partial charge in [-0.15, -0.1) is 0 Å². The SMILES string of the molecule is Cc1ccc(CNOC2CCCC2)cc1Cl. The first kappa shape index (κ1) is 11.9. The van der Waals surface area contributed by atoms with Gasteiger partial charge in [0.2, 0.25) is 0 Å². The third-order valence-electron chi connectivity index (χ3n) is 3.06. The molecule has 0 atom stereocenters. The first-order valence-electron chi connectivity index (χ1n) is 5.89. The highest BCUT2D eigenvalue weighted by molar-refractivity contribution is 6.31. The van der Waals surface area contributed by atoms with E-state index < -0.39 is 0 Å². The summed E-state index contributed by atoms with van der Waals surface area (Å²) in [6, 6.07) is 6.10. The Hall–Kier alpha value is -0.570. The standard InChI is InChI=1S/C13H18ClNO/c1-10-6-7-11(8-13(10)14)9-15-16-12-4-2-3-5-12/h6-8,12,15H,2-5,9H2,1H3. The van der Waals surface area contributed by atoms with Gasteiger partial charge in [0.1, 0.15) is 0 Å². The average Bonchev–Trinajstić information content (AvgIpc) is 2.76. The van der Waals surface area contributed by atoms with E-state index in [1.165, 1.54) is 25.7 Å². The molecule has 0 saturated heterocycles. The molecule has 0 unspecified atom stereocenters. The molecule has 0 bridgehead atoms. The molecular weight excluding hydrogens is 222 g/mol. The maximum atomic E-state index is 6.05. The molecule has 88 valence electrons. The van der Waals surface area contributed by atoms with Gasteiger partial charge >= 0.3 is 0 Å². The highest BCUT2D eigenvalue weighted by Crippen LogP contribution is 2.20. The first-order chi connectivity index (χ1) is 7.75. The van der Waals surface area contributed by atoms with Crippen molar-refractivity contribution in [3.8, 4) is 0 Å². The quantitative estimate of drug-likeness (QED) is 0.811. The normalized spacial score (nSPS) is 16.9. The van der Waals surface area contributed by atoms with E-state index in [2.05, 4.69) is 11.5 Å². The smallest absolute Gasteiger partial charge is 0.0790 e. The lowest BCUT2D eigenvalue weighted by Crippen LogP contribution is -2.21. The second-order valence-electron chi connectivity index (χ2n) is 4.43. The van der Waals surface area contributed by atoms with Crippen molar-refractivity contribution < 1.29 is 4.84 Å². The fraction of sp³-hybridized carbons (Fsp3) is 0.538. The zero-order valence-corrected chi connectivity index (χ0v) is 10.4. The molecule has 1 saturated carbocycles. The molecule has 16 heavy (non-hydrogen) atoms. The number of halogens is 1. The Balaban J connectivity index is 1.78. The minimum absolute atomic E-state index is 0.404. The fourth-order valence-electron chi connectivity index (χ4n) is 2.00. The third kappa shape index (κ3) is 3.21. The van der Waals surface area contributed by atoms with Gasteiger partial charge in [-0.05, 0) is 37.0 Å². The predicted octanol–water partition coefficient (Wildman–Crippen LogP) is 3.61. The third-order valence-corrected chi connectivity index (χ3v) is 3.47.